The van der Waals surface area contributed by atoms with Gasteiger partial charge in [-0.05, 0) is 36.8 Å². The highest BCUT2D eigenvalue weighted by molar-refractivity contribution is 7.07. The highest BCUT2D eigenvalue weighted by Gasteiger charge is 2.27. The van der Waals surface area contributed by atoms with E-state index >= 15 is 0 Å². The molecule has 0 bridgehead atoms. The predicted octanol–water partition coefficient (Wildman–Crippen LogP) is 1.48. The second kappa shape index (κ2) is 10.1. The van der Waals surface area contributed by atoms with Crippen LogP contribution in [0.15, 0.2) is 41.2 Å². The zero-order chi connectivity index (χ0) is 25.1. The zero-order valence-electron chi connectivity index (χ0n) is 19.7. The van der Waals surface area contributed by atoms with Crippen molar-refractivity contribution in [2.75, 3.05) is 33.3 Å². The van der Waals surface area contributed by atoms with Crippen molar-refractivity contribution in [2.24, 2.45) is 0 Å². The van der Waals surface area contributed by atoms with Crippen LogP contribution in [0.3, 0.4) is 0 Å². The maximum absolute atomic E-state index is 13.4. The highest BCUT2D eigenvalue weighted by Crippen LogP contribution is 2.38. The number of nitrogens with one attached hydrogen (secondary N) is 1. The molecule has 1 amide bonds. The summed E-state index contributed by atoms with van der Waals surface area (Å²) in [6, 6.07) is 10.6. The molecule has 0 saturated carbocycles. The minimum atomic E-state index is -0.569. The van der Waals surface area contributed by atoms with Gasteiger partial charge < -0.3 is 24.3 Å². The minimum Gasteiger partial charge on any atom is -0.493 e. The maximum Gasteiger partial charge on any atom is 0.326 e. The Labute approximate surface area is 204 Å². The Hall–Kier alpha value is -4.05. The van der Waals surface area contributed by atoms with Crippen molar-refractivity contribution in [1.82, 2.24) is 4.57 Å². The Morgan fingerprint density at radius 3 is 2.37 bits per heavy atom. The third kappa shape index (κ3) is 4.52. The average Bonchev–Trinajstić information content (AvgIpc) is 3.33. The summed E-state index contributed by atoms with van der Waals surface area (Å²) < 4.78 is 23.2. The van der Waals surface area contributed by atoms with Crippen LogP contribution in [0.2, 0.25) is 0 Å². The Bertz CT molecular complexity index is 1460. The van der Waals surface area contributed by atoms with E-state index < -0.39 is 11.5 Å². The number of rotatable bonds is 7. The number of para-hydroxylation sites is 1. The molecule has 0 unspecified atom stereocenters. The summed E-state index contributed by atoms with van der Waals surface area (Å²) in [4.78, 5) is 38.6. The summed E-state index contributed by atoms with van der Waals surface area (Å²) in [7, 11) is 4.51. The van der Waals surface area contributed by atoms with E-state index in [0.717, 1.165) is 11.3 Å². The molecule has 0 fully saturated rings. The molecule has 35 heavy (non-hydrogen) atoms. The molecular formula is C25H24N2O7S. The summed E-state index contributed by atoms with van der Waals surface area (Å²) in [5.41, 5.74) is 1.84. The molecule has 0 spiro atoms. The lowest BCUT2D eigenvalue weighted by molar-refractivity contribution is -0.143. The number of hydrogen-bond donors (Lipinski definition) is 1. The molecule has 2 heterocycles. The van der Waals surface area contributed by atoms with Gasteiger partial charge in [0.15, 0.2) is 11.5 Å². The van der Waals surface area contributed by atoms with Crippen LogP contribution in [0.5, 0.6) is 17.2 Å². The van der Waals surface area contributed by atoms with E-state index in [0.29, 0.717) is 48.8 Å². The number of carbonyl (C=O) groups is 2. The average molecular weight is 497 g/mol. The number of methoxy groups -OCH3 is 3. The van der Waals surface area contributed by atoms with Crippen LogP contribution >= 0.6 is 11.3 Å². The van der Waals surface area contributed by atoms with Crippen LogP contribution in [0.25, 0.3) is 11.6 Å². The molecule has 1 aliphatic rings. The topological polar surface area (TPSA) is 105 Å². The quantitative estimate of drug-likeness (QED) is 0.494. The Kier molecular flexibility index (Phi) is 6.92. The number of nitrogens with zero attached hydrogens (tertiary/aromatic N) is 1. The Balaban J connectivity index is 1.99. The van der Waals surface area contributed by atoms with E-state index in [1.807, 2.05) is 12.1 Å². The lowest BCUT2D eigenvalue weighted by Crippen LogP contribution is -2.36. The standard InChI is InChI=1S/C25H24N2O7S/c1-5-34-20(28)13-27-24(30)19(12-14-10-17(31-2)22(33-4)18(11-14)32-3)35-25(27)21-15-8-6-7-9-16(15)26-23(21)29/h6-12H,5,13H2,1-4H3,(H,26,29)/b19-12-,25-21+. The number of esters is 1. The number of benzene rings is 2. The van der Waals surface area contributed by atoms with Crippen molar-refractivity contribution >= 4 is 40.5 Å². The molecule has 0 atom stereocenters. The van der Waals surface area contributed by atoms with Gasteiger partial charge in [-0.2, -0.15) is 0 Å². The number of carbonyl (C=O) groups excluding carboxylic acids is 2. The fraction of sp³-hybridized carbons (Fsp3) is 0.240. The molecule has 1 aromatic heterocycles. The SMILES string of the molecule is CCOC(=O)Cn1c(=O)/c(=C/c2cc(OC)c(OC)c(OC)c2)s/c1=C1/C(=O)Nc2ccccc21. The van der Waals surface area contributed by atoms with Gasteiger partial charge >= 0.3 is 5.97 Å². The summed E-state index contributed by atoms with van der Waals surface area (Å²) in [6.45, 7) is 1.55. The molecular weight excluding hydrogens is 472 g/mol. The van der Waals surface area contributed by atoms with Crippen LogP contribution in [0.1, 0.15) is 18.1 Å². The van der Waals surface area contributed by atoms with E-state index in [9.17, 15) is 14.4 Å². The largest absolute Gasteiger partial charge is 0.493 e. The van der Waals surface area contributed by atoms with Crippen molar-refractivity contribution in [1.29, 1.82) is 0 Å². The van der Waals surface area contributed by atoms with Crippen LogP contribution in [-0.4, -0.2) is 44.4 Å². The fourth-order valence-electron chi connectivity index (χ4n) is 3.85. The molecule has 1 aliphatic heterocycles. The smallest absolute Gasteiger partial charge is 0.326 e. The van der Waals surface area contributed by atoms with Crippen LogP contribution in [0, 0.1) is 0 Å². The molecule has 182 valence electrons. The van der Waals surface area contributed by atoms with Gasteiger partial charge in [0.2, 0.25) is 5.75 Å². The van der Waals surface area contributed by atoms with Crippen LogP contribution < -0.4 is 34.3 Å². The molecule has 0 aliphatic carbocycles. The van der Waals surface area contributed by atoms with Crippen molar-refractivity contribution in [3.63, 3.8) is 0 Å². The molecule has 4 rings (SSSR count). The maximum atomic E-state index is 13.4. The molecule has 0 radical (unpaired) electrons. The van der Waals surface area contributed by atoms with Crippen molar-refractivity contribution in [3.8, 4) is 17.2 Å². The van der Waals surface area contributed by atoms with E-state index in [2.05, 4.69) is 5.32 Å². The molecule has 3 aromatic rings. The first kappa shape index (κ1) is 24.1. The fourth-order valence-corrected chi connectivity index (χ4v) is 5.01. The molecule has 9 nitrogen and oxygen atoms in total. The first-order valence-corrected chi connectivity index (χ1v) is 11.6. The number of ether oxygens (including phenoxy) is 4. The van der Waals surface area contributed by atoms with Crippen LogP contribution in [0.4, 0.5) is 5.69 Å². The molecule has 1 N–H and O–H groups in total. The lowest BCUT2D eigenvalue weighted by atomic mass is 10.1. The van der Waals surface area contributed by atoms with Gasteiger partial charge in [-0.3, -0.25) is 19.0 Å². The van der Waals surface area contributed by atoms with E-state index in [-0.39, 0.29) is 19.1 Å². The third-order valence-electron chi connectivity index (χ3n) is 5.37. The Morgan fingerprint density at radius 1 is 1.06 bits per heavy atom. The number of aromatic nitrogens is 1. The van der Waals surface area contributed by atoms with E-state index in [1.54, 1.807) is 37.3 Å². The zero-order valence-corrected chi connectivity index (χ0v) is 20.5. The van der Waals surface area contributed by atoms with Crippen molar-refractivity contribution in [3.05, 3.63) is 67.1 Å². The van der Waals surface area contributed by atoms with E-state index in [4.69, 9.17) is 18.9 Å². The second-order valence-electron chi connectivity index (χ2n) is 7.45. The summed E-state index contributed by atoms with van der Waals surface area (Å²) >= 11 is 1.12. The normalized spacial score (nSPS) is 14.4. The van der Waals surface area contributed by atoms with Crippen molar-refractivity contribution in [2.45, 2.75) is 13.5 Å². The minimum absolute atomic E-state index is 0.178. The third-order valence-corrected chi connectivity index (χ3v) is 6.50. The van der Waals surface area contributed by atoms with Gasteiger partial charge in [-0.15, -0.1) is 11.3 Å². The summed E-state index contributed by atoms with van der Waals surface area (Å²) in [5, 5.41) is 2.81. The van der Waals surface area contributed by atoms with Gasteiger partial charge in [0.1, 0.15) is 11.2 Å². The highest BCUT2D eigenvalue weighted by atomic mass is 32.1. The monoisotopic (exact) mass is 496 g/mol. The second-order valence-corrected chi connectivity index (χ2v) is 8.48. The Morgan fingerprint density at radius 2 is 1.74 bits per heavy atom. The number of amides is 1. The lowest BCUT2D eigenvalue weighted by Gasteiger charge is -2.12. The van der Waals surface area contributed by atoms with Crippen LogP contribution in [-0.2, 0) is 20.9 Å². The molecule has 2 aromatic carbocycles. The summed E-state index contributed by atoms with van der Waals surface area (Å²) in [6.07, 6.45) is 1.65. The van der Waals surface area contributed by atoms with Gasteiger partial charge in [-0.25, -0.2) is 0 Å². The van der Waals surface area contributed by atoms with Gasteiger partial charge in [0.25, 0.3) is 11.5 Å². The molecule has 10 heteroatoms. The van der Waals surface area contributed by atoms with E-state index in [1.165, 1.54) is 25.9 Å². The van der Waals surface area contributed by atoms with Gasteiger partial charge in [-0.1, -0.05) is 18.2 Å². The molecule has 0 saturated heterocycles. The summed E-state index contributed by atoms with van der Waals surface area (Å²) in [5.74, 6) is 0.374. The number of thiazole rings is 1. The first-order valence-electron chi connectivity index (χ1n) is 10.7. The predicted molar refractivity (Wildman–Crippen MR) is 132 cm³/mol. The number of hydrogen-bond acceptors (Lipinski definition) is 8. The number of anilines is 1. The van der Waals surface area contributed by atoms with Gasteiger partial charge in [0, 0.05) is 11.3 Å². The number of fused-ring (bicyclic) bond motifs is 1. The van der Waals surface area contributed by atoms with Gasteiger partial charge in [0.05, 0.1) is 38.0 Å². The first-order chi connectivity index (χ1) is 16.9. The van der Waals surface area contributed by atoms with Crippen molar-refractivity contribution < 1.29 is 28.5 Å².